The predicted molar refractivity (Wildman–Crippen MR) is 82.1 cm³/mol. The van der Waals surface area contributed by atoms with Crippen LogP contribution in [0.15, 0.2) is 27.7 Å². The first kappa shape index (κ1) is 16.0. The number of guanidine groups is 1. The summed E-state index contributed by atoms with van der Waals surface area (Å²) in [5.74, 6) is 0.630. The third-order valence-corrected chi connectivity index (χ3v) is 3.07. The summed E-state index contributed by atoms with van der Waals surface area (Å²) in [4.78, 5) is 4.12. The number of halogens is 2. The number of hydrogen-bond donors (Lipinski definition) is 2. The van der Waals surface area contributed by atoms with Gasteiger partial charge in [-0.05, 0) is 44.4 Å². The smallest absolute Gasteiger partial charge is 0.191 e. The van der Waals surface area contributed by atoms with E-state index in [1.54, 1.807) is 7.05 Å². The van der Waals surface area contributed by atoms with Crippen molar-refractivity contribution < 1.29 is 4.39 Å². The van der Waals surface area contributed by atoms with E-state index < -0.39 is 0 Å². The fourth-order valence-electron chi connectivity index (χ4n) is 1.68. The SMILES string of the molecule is CN=C(NCCCc1ccc(Br)cc1F)NC(C)C. The molecule has 0 bridgehead atoms. The van der Waals surface area contributed by atoms with E-state index in [-0.39, 0.29) is 5.82 Å². The Bertz CT molecular complexity index is 433. The normalized spacial score (nSPS) is 11.8. The number of benzene rings is 1. The Morgan fingerprint density at radius 3 is 2.74 bits per heavy atom. The molecule has 0 amide bonds. The van der Waals surface area contributed by atoms with Gasteiger partial charge in [-0.15, -0.1) is 0 Å². The molecule has 0 heterocycles. The van der Waals surface area contributed by atoms with Crippen LogP contribution >= 0.6 is 15.9 Å². The Balaban J connectivity index is 2.34. The second-order valence-electron chi connectivity index (χ2n) is 4.64. The van der Waals surface area contributed by atoms with Crippen LogP contribution in [0.4, 0.5) is 4.39 Å². The quantitative estimate of drug-likeness (QED) is 0.494. The van der Waals surface area contributed by atoms with Crippen LogP contribution in [0.1, 0.15) is 25.8 Å². The summed E-state index contributed by atoms with van der Waals surface area (Å²) in [6.45, 7) is 4.88. The van der Waals surface area contributed by atoms with Crippen molar-refractivity contribution in [3.05, 3.63) is 34.1 Å². The largest absolute Gasteiger partial charge is 0.356 e. The van der Waals surface area contributed by atoms with Crippen molar-refractivity contribution in [3.63, 3.8) is 0 Å². The lowest BCUT2D eigenvalue weighted by Crippen LogP contribution is -2.41. The lowest BCUT2D eigenvalue weighted by Gasteiger charge is -2.14. The van der Waals surface area contributed by atoms with Crippen molar-refractivity contribution in [1.29, 1.82) is 0 Å². The van der Waals surface area contributed by atoms with Crippen LogP contribution in [0.25, 0.3) is 0 Å². The van der Waals surface area contributed by atoms with E-state index in [0.29, 0.717) is 12.5 Å². The maximum absolute atomic E-state index is 13.6. The van der Waals surface area contributed by atoms with Gasteiger partial charge in [-0.2, -0.15) is 0 Å². The monoisotopic (exact) mass is 329 g/mol. The van der Waals surface area contributed by atoms with Crippen LogP contribution in [-0.4, -0.2) is 25.6 Å². The van der Waals surface area contributed by atoms with E-state index in [2.05, 4.69) is 45.4 Å². The average Bonchev–Trinajstić information content (AvgIpc) is 2.34. The van der Waals surface area contributed by atoms with Crippen molar-refractivity contribution in [2.24, 2.45) is 4.99 Å². The van der Waals surface area contributed by atoms with E-state index >= 15 is 0 Å². The summed E-state index contributed by atoms with van der Waals surface area (Å²) in [6, 6.07) is 5.53. The molecule has 0 saturated carbocycles. The molecule has 1 rings (SSSR count). The fourth-order valence-corrected chi connectivity index (χ4v) is 2.01. The van der Waals surface area contributed by atoms with Crippen molar-refractivity contribution in [2.75, 3.05) is 13.6 Å². The molecule has 0 spiro atoms. The molecule has 0 aliphatic heterocycles. The fraction of sp³-hybridized carbons (Fsp3) is 0.500. The lowest BCUT2D eigenvalue weighted by atomic mass is 10.1. The highest BCUT2D eigenvalue weighted by molar-refractivity contribution is 9.10. The van der Waals surface area contributed by atoms with E-state index in [1.165, 1.54) is 6.07 Å². The maximum atomic E-state index is 13.6. The number of rotatable bonds is 5. The molecule has 19 heavy (non-hydrogen) atoms. The van der Waals surface area contributed by atoms with Gasteiger partial charge in [-0.25, -0.2) is 4.39 Å². The highest BCUT2D eigenvalue weighted by Crippen LogP contribution is 2.16. The zero-order valence-corrected chi connectivity index (χ0v) is 13.2. The second kappa shape index (κ2) is 8.15. The van der Waals surface area contributed by atoms with E-state index in [1.807, 2.05) is 12.1 Å². The van der Waals surface area contributed by atoms with Gasteiger partial charge in [0.1, 0.15) is 5.82 Å². The van der Waals surface area contributed by atoms with Crippen LogP contribution in [0, 0.1) is 5.82 Å². The molecule has 1 aromatic carbocycles. The summed E-state index contributed by atoms with van der Waals surface area (Å²) in [6.07, 6.45) is 1.57. The van der Waals surface area contributed by atoms with Gasteiger partial charge in [0.25, 0.3) is 0 Å². The minimum Gasteiger partial charge on any atom is -0.356 e. The topological polar surface area (TPSA) is 36.4 Å². The summed E-state index contributed by atoms with van der Waals surface area (Å²) in [5.41, 5.74) is 0.747. The first-order chi connectivity index (χ1) is 9.02. The standard InChI is InChI=1S/C14H21BrFN3/c1-10(2)19-14(17-3)18-8-4-5-11-6-7-12(15)9-13(11)16/h6-7,9-10H,4-5,8H2,1-3H3,(H2,17,18,19). The molecule has 3 nitrogen and oxygen atoms in total. The Labute approximate surface area is 122 Å². The van der Waals surface area contributed by atoms with Gasteiger partial charge in [0.2, 0.25) is 0 Å². The van der Waals surface area contributed by atoms with Gasteiger partial charge in [-0.3, -0.25) is 4.99 Å². The van der Waals surface area contributed by atoms with Crippen molar-refractivity contribution in [1.82, 2.24) is 10.6 Å². The lowest BCUT2D eigenvalue weighted by molar-refractivity contribution is 0.601. The van der Waals surface area contributed by atoms with Crippen molar-refractivity contribution in [3.8, 4) is 0 Å². The molecule has 0 aliphatic rings. The highest BCUT2D eigenvalue weighted by Gasteiger charge is 2.03. The minimum absolute atomic E-state index is 0.154. The Kier molecular flexibility index (Phi) is 6.84. The van der Waals surface area contributed by atoms with Gasteiger partial charge >= 0.3 is 0 Å². The van der Waals surface area contributed by atoms with Gasteiger partial charge in [-0.1, -0.05) is 22.0 Å². The van der Waals surface area contributed by atoms with Crippen molar-refractivity contribution in [2.45, 2.75) is 32.7 Å². The molecule has 106 valence electrons. The minimum atomic E-state index is -0.154. The number of aryl methyl sites for hydroxylation is 1. The molecule has 0 fully saturated rings. The molecular weight excluding hydrogens is 309 g/mol. The summed E-state index contributed by atoms with van der Waals surface area (Å²) < 4.78 is 14.4. The van der Waals surface area contributed by atoms with E-state index in [0.717, 1.165) is 29.0 Å². The number of hydrogen-bond acceptors (Lipinski definition) is 1. The van der Waals surface area contributed by atoms with Gasteiger partial charge in [0.15, 0.2) is 5.96 Å². The molecule has 0 atom stereocenters. The van der Waals surface area contributed by atoms with Crippen molar-refractivity contribution >= 4 is 21.9 Å². The molecular formula is C14H21BrFN3. The molecule has 0 aliphatic carbocycles. The van der Waals surface area contributed by atoms with Crippen LogP contribution in [0.2, 0.25) is 0 Å². The van der Waals surface area contributed by atoms with Crippen LogP contribution in [-0.2, 0) is 6.42 Å². The number of aliphatic imine (C=N–C) groups is 1. The van der Waals surface area contributed by atoms with Crippen LogP contribution in [0.5, 0.6) is 0 Å². The molecule has 0 aromatic heterocycles. The third kappa shape index (κ3) is 6.05. The Hall–Kier alpha value is -1.10. The van der Waals surface area contributed by atoms with Gasteiger partial charge < -0.3 is 10.6 Å². The van der Waals surface area contributed by atoms with E-state index in [9.17, 15) is 4.39 Å². The molecule has 0 saturated heterocycles. The molecule has 0 radical (unpaired) electrons. The molecule has 0 unspecified atom stereocenters. The Morgan fingerprint density at radius 2 is 2.16 bits per heavy atom. The van der Waals surface area contributed by atoms with Gasteiger partial charge in [0, 0.05) is 24.1 Å². The zero-order valence-electron chi connectivity index (χ0n) is 11.6. The Morgan fingerprint density at radius 1 is 1.42 bits per heavy atom. The summed E-state index contributed by atoms with van der Waals surface area (Å²) in [5, 5.41) is 6.41. The summed E-state index contributed by atoms with van der Waals surface area (Å²) in [7, 11) is 1.74. The van der Waals surface area contributed by atoms with Crippen LogP contribution in [0.3, 0.4) is 0 Å². The van der Waals surface area contributed by atoms with E-state index in [4.69, 9.17) is 0 Å². The van der Waals surface area contributed by atoms with Crippen LogP contribution < -0.4 is 10.6 Å². The number of nitrogens with one attached hydrogen (secondary N) is 2. The molecule has 2 N–H and O–H groups in total. The first-order valence-corrected chi connectivity index (χ1v) is 7.23. The second-order valence-corrected chi connectivity index (χ2v) is 5.55. The first-order valence-electron chi connectivity index (χ1n) is 6.44. The average molecular weight is 330 g/mol. The third-order valence-electron chi connectivity index (χ3n) is 2.58. The molecule has 1 aromatic rings. The number of nitrogens with zero attached hydrogens (tertiary/aromatic N) is 1. The predicted octanol–water partition coefficient (Wildman–Crippen LogP) is 3.09. The highest BCUT2D eigenvalue weighted by atomic mass is 79.9. The zero-order chi connectivity index (χ0) is 14.3. The summed E-state index contributed by atoms with van der Waals surface area (Å²) >= 11 is 3.25. The van der Waals surface area contributed by atoms with Gasteiger partial charge in [0.05, 0.1) is 0 Å². The molecule has 5 heteroatoms. The maximum Gasteiger partial charge on any atom is 0.191 e.